The Labute approximate surface area is 279 Å². The molecule has 2 unspecified atom stereocenters. The summed E-state index contributed by atoms with van der Waals surface area (Å²) < 4.78 is 26.6. The van der Waals surface area contributed by atoms with Gasteiger partial charge in [-0.3, -0.25) is 18.6 Å². The van der Waals surface area contributed by atoms with Crippen LogP contribution in [0.3, 0.4) is 0 Å². The summed E-state index contributed by atoms with van der Waals surface area (Å²) in [5.74, 6) is -0.565. The van der Waals surface area contributed by atoms with E-state index in [0.29, 0.717) is 12.8 Å². The van der Waals surface area contributed by atoms with Crippen molar-refractivity contribution in [3.8, 4) is 0 Å². The van der Waals surface area contributed by atoms with Gasteiger partial charge >= 0.3 is 13.8 Å². The fourth-order valence-corrected chi connectivity index (χ4v) is 5.13. The predicted molar refractivity (Wildman–Crippen MR) is 187 cm³/mol. The highest BCUT2D eigenvalue weighted by Crippen LogP contribution is 2.42. The number of aliphatic hydroxyl groups excluding tert-OH is 1. The van der Waals surface area contributed by atoms with Gasteiger partial charge in [0.1, 0.15) is 12.7 Å². The number of esters is 1. The molecule has 0 aromatic carbocycles. The number of rotatable bonds is 32. The topological polar surface area (TPSA) is 131 Å². The van der Waals surface area contributed by atoms with Crippen LogP contribution in [-0.4, -0.2) is 54.3 Å². The van der Waals surface area contributed by atoms with Crippen molar-refractivity contribution in [1.82, 2.24) is 5.32 Å². The van der Waals surface area contributed by atoms with Gasteiger partial charge in [-0.05, 0) is 51.4 Å². The van der Waals surface area contributed by atoms with E-state index in [9.17, 15) is 24.2 Å². The summed E-state index contributed by atoms with van der Waals surface area (Å²) in [7, 11) is -4.41. The first-order chi connectivity index (χ1) is 22.3. The maximum atomic E-state index is 12.0. The first-order valence-electron chi connectivity index (χ1n) is 17.6. The zero-order chi connectivity index (χ0) is 34.0. The number of carbonyl (C=O) groups excluding carboxylic acids is 2. The van der Waals surface area contributed by atoms with Crippen molar-refractivity contribution in [2.45, 2.75) is 142 Å². The zero-order valence-corrected chi connectivity index (χ0v) is 29.6. The Morgan fingerprint density at radius 1 is 0.696 bits per heavy atom. The fraction of sp³-hybridized carbons (Fsp3) is 0.722. The Hall–Kier alpha value is -2.03. The van der Waals surface area contributed by atoms with Gasteiger partial charge in [0, 0.05) is 19.4 Å². The molecule has 0 aromatic rings. The van der Waals surface area contributed by atoms with Crippen molar-refractivity contribution in [3.63, 3.8) is 0 Å². The summed E-state index contributed by atoms with van der Waals surface area (Å²) in [5.41, 5.74) is 0. The molecular weight excluding hydrogens is 605 g/mol. The molecule has 0 fully saturated rings. The molecule has 0 aliphatic carbocycles. The first kappa shape index (κ1) is 44.0. The molecule has 266 valence electrons. The summed E-state index contributed by atoms with van der Waals surface area (Å²) >= 11 is 0. The lowest BCUT2D eigenvalue weighted by Gasteiger charge is -2.15. The molecule has 46 heavy (non-hydrogen) atoms. The van der Waals surface area contributed by atoms with E-state index in [2.05, 4.69) is 67.8 Å². The maximum absolute atomic E-state index is 12.0. The third-order valence-corrected chi connectivity index (χ3v) is 8.01. The van der Waals surface area contributed by atoms with Crippen LogP contribution in [0.1, 0.15) is 136 Å². The van der Waals surface area contributed by atoms with Crippen molar-refractivity contribution in [2.75, 3.05) is 26.4 Å². The number of nitrogens with one attached hydrogen (secondary N) is 1. The Morgan fingerprint density at radius 2 is 1.24 bits per heavy atom. The van der Waals surface area contributed by atoms with Crippen molar-refractivity contribution >= 4 is 19.7 Å². The summed E-state index contributed by atoms with van der Waals surface area (Å²) in [6.45, 7) is 3.35. The van der Waals surface area contributed by atoms with Crippen LogP contribution in [0.2, 0.25) is 0 Å². The lowest BCUT2D eigenvalue weighted by atomic mass is 10.1. The molecule has 0 rings (SSSR count). The predicted octanol–water partition coefficient (Wildman–Crippen LogP) is 8.82. The molecule has 3 N–H and O–H groups in total. The Bertz CT molecular complexity index is 902. The van der Waals surface area contributed by atoms with Gasteiger partial charge in [-0.25, -0.2) is 4.57 Å². The van der Waals surface area contributed by atoms with Gasteiger partial charge < -0.3 is 20.1 Å². The van der Waals surface area contributed by atoms with Crippen molar-refractivity contribution in [3.05, 3.63) is 48.6 Å². The zero-order valence-electron chi connectivity index (χ0n) is 28.8. The molecule has 0 heterocycles. The number of amides is 1. The summed E-state index contributed by atoms with van der Waals surface area (Å²) in [6.07, 6.45) is 34.7. The van der Waals surface area contributed by atoms with E-state index in [-0.39, 0.29) is 32.1 Å². The summed E-state index contributed by atoms with van der Waals surface area (Å²) in [5, 5.41) is 12.6. The Morgan fingerprint density at radius 3 is 1.85 bits per heavy atom. The highest BCUT2D eigenvalue weighted by Gasteiger charge is 2.23. The van der Waals surface area contributed by atoms with Crippen LogP contribution in [0, 0.1) is 0 Å². The third kappa shape index (κ3) is 33.3. The van der Waals surface area contributed by atoms with Crippen LogP contribution in [0.4, 0.5) is 0 Å². The smallest absolute Gasteiger partial charge is 0.463 e. The van der Waals surface area contributed by atoms with Crippen molar-refractivity contribution in [2.24, 2.45) is 0 Å². The Balaban J connectivity index is 3.73. The molecule has 9 nitrogen and oxygen atoms in total. The number of phosphoric acid groups is 1. The van der Waals surface area contributed by atoms with Crippen LogP contribution >= 0.6 is 7.82 Å². The molecule has 0 aliphatic rings. The quantitative estimate of drug-likeness (QED) is 0.0280. The van der Waals surface area contributed by atoms with Gasteiger partial charge in [0.2, 0.25) is 5.91 Å². The lowest BCUT2D eigenvalue weighted by molar-refractivity contribution is -0.147. The van der Waals surface area contributed by atoms with Gasteiger partial charge in [0.15, 0.2) is 0 Å². The van der Waals surface area contributed by atoms with Crippen LogP contribution in [-0.2, 0) is 27.9 Å². The highest BCUT2D eigenvalue weighted by molar-refractivity contribution is 7.47. The molecule has 0 saturated heterocycles. The largest absolute Gasteiger partial charge is 0.472 e. The lowest BCUT2D eigenvalue weighted by Crippen LogP contribution is -2.27. The number of aliphatic hydroxyl groups is 1. The molecule has 0 aliphatic heterocycles. The van der Waals surface area contributed by atoms with Crippen molar-refractivity contribution < 1.29 is 37.9 Å². The molecule has 0 spiro atoms. The molecule has 0 radical (unpaired) electrons. The molecule has 0 saturated carbocycles. The third-order valence-electron chi connectivity index (χ3n) is 7.02. The normalized spacial score (nSPS) is 14.1. The molecule has 10 heteroatoms. The van der Waals surface area contributed by atoms with E-state index in [1.165, 1.54) is 44.9 Å². The van der Waals surface area contributed by atoms with Gasteiger partial charge in [-0.1, -0.05) is 120 Å². The second-order valence-corrected chi connectivity index (χ2v) is 12.9. The summed E-state index contributed by atoms with van der Waals surface area (Å²) in [6, 6.07) is 0. The molecular formula is C36H64NO8P. The van der Waals surface area contributed by atoms with E-state index in [1.807, 2.05) is 0 Å². The second-order valence-electron chi connectivity index (χ2n) is 11.5. The van der Waals surface area contributed by atoms with Gasteiger partial charge in [-0.15, -0.1) is 0 Å². The Kier molecular flexibility index (Phi) is 31.4. The standard InChI is InChI=1S/C36H64NO8P/c1-3-5-7-9-11-13-15-16-17-18-19-21-23-25-27-29-36(40)43-32-34(38)33-45-46(41,42)44-31-30-37-35(39)28-26-24-22-20-14-12-10-8-6-4-2/h5,7,11,13,16-17,19,21,34,38H,3-4,6,8-10,12,14-15,18,20,22-33H2,1-2H3,(H,37,39)(H,41,42)/b7-5-,13-11-,17-16-,21-19-. The number of hydrogen-bond acceptors (Lipinski definition) is 7. The van der Waals surface area contributed by atoms with Gasteiger partial charge in [0.25, 0.3) is 0 Å². The van der Waals surface area contributed by atoms with E-state index < -0.39 is 26.5 Å². The van der Waals surface area contributed by atoms with Crippen LogP contribution in [0.25, 0.3) is 0 Å². The molecule has 0 bridgehead atoms. The van der Waals surface area contributed by atoms with E-state index in [4.69, 9.17) is 13.8 Å². The average Bonchev–Trinajstić information content (AvgIpc) is 3.04. The minimum Gasteiger partial charge on any atom is -0.463 e. The van der Waals surface area contributed by atoms with Crippen LogP contribution < -0.4 is 5.32 Å². The number of phosphoric ester groups is 1. The molecule has 2 atom stereocenters. The number of ether oxygens (including phenoxy) is 1. The maximum Gasteiger partial charge on any atom is 0.472 e. The first-order valence-corrected chi connectivity index (χ1v) is 19.1. The SMILES string of the molecule is CC/C=C\C/C=C\C/C=C\C/C=C\CCCCC(=O)OCC(O)COP(=O)(O)OCCNC(=O)CCCCCCCCCCCC. The number of allylic oxidation sites excluding steroid dienone is 8. The average molecular weight is 670 g/mol. The minimum atomic E-state index is -4.41. The minimum absolute atomic E-state index is 0.0763. The van der Waals surface area contributed by atoms with E-state index in [1.54, 1.807) is 0 Å². The molecule has 0 aromatic heterocycles. The van der Waals surface area contributed by atoms with Gasteiger partial charge in [0.05, 0.1) is 13.2 Å². The fourth-order valence-electron chi connectivity index (χ4n) is 4.37. The van der Waals surface area contributed by atoms with E-state index in [0.717, 1.165) is 57.8 Å². The summed E-state index contributed by atoms with van der Waals surface area (Å²) in [4.78, 5) is 33.6. The molecule has 1 amide bonds. The van der Waals surface area contributed by atoms with Crippen LogP contribution in [0.5, 0.6) is 0 Å². The second kappa shape index (κ2) is 32.9. The van der Waals surface area contributed by atoms with E-state index >= 15 is 0 Å². The van der Waals surface area contributed by atoms with Crippen LogP contribution in [0.15, 0.2) is 48.6 Å². The number of unbranched alkanes of at least 4 members (excludes halogenated alkanes) is 11. The number of hydrogen-bond donors (Lipinski definition) is 3. The highest BCUT2D eigenvalue weighted by atomic mass is 31.2. The monoisotopic (exact) mass is 669 g/mol. The van der Waals surface area contributed by atoms with Gasteiger partial charge in [-0.2, -0.15) is 0 Å². The van der Waals surface area contributed by atoms with Crippen molar-refractivity contribution in [1.29, 1.82) is 0 Å². The number of carbonyl (C=O) groups is 2.